The molecule has 0 fully saturated rings. The Morgan fingerprint density at radius 3 is 1.52 bits per heavy atom. The second-order valence-corrected chi connectivity index (χ2v) is 6.70. The average molecular weight is 286 g/mol. The lowest BCUT2D eigenvalue weighted by atomic mass is 9.86. The lowest BCUT2D eigenvalue weighted by molar-refractivity contribution is -0.796. The van der Waals surface area contributed by atoms with E-state index in [4.69, 9.17) is 0 Å². The maximum absolute atomic E-state index is 3.79. The zero-order chi connectivity index (χ0) is 15.7. The fraction of sp³-hybridized carbons (Fsp3) is 0.412. The second-order valence-electron chi connectivity index (χ2n) is 6.70. The molecule has 0 saturated carbocycles. The predicted octanol–water partition coefficient (Wildman–Crippen LogP) is 2.63. The minimum atomic E-state index is 0.00103. The van der Waals surface area contributed by atoms with Crippen molar-refractivity contribution in [3.05, 3.63) is 50.6 Å². The minimum Gasteiger partial charge on any atom is -0.232 e. The first kappa shape index (κ1) is 15.3. The normalized spacial score (nSPS) is 12.4. The molecule has 0 bridgehead atoms. The van der Waals surface area contributed by atoms with Crippen molar-refractivity contribution in [1.82, 2.24) is 9.13 Å². The molecule has 0 unspecified atom stereocenters. The average Bonchev–Trinajstić information content (AvgIpc) is 3.07. The van der Waals surface area contributed by atoms with Crippen LogP contribution in [0.2, 0.25) is 0 Å². The molecule has 0 atom stereocenters. The summed E-state index contributed by atoms with van der Waals surface area (Å²) in [6.45, 7) is 16.6. The minimum absolute atomic E-state index is 0.00103. The SMILES string of the molecule is C=Cn1cc[n+](C(C)(C)CC(C)(C)[n+]2ccn(C=C)c2)c1. The van der Waals surface area contributed by atoms with Crippen LogP contribution in [0, 0.1) is 0 Å². The van der Waals surface area contributed by atoms with Gasteiger partial charge >= 0.3 is 0 Å². The van der Waals surface area contributed by atoms with Gasteiger partial charge in [-0.05, 0) is 27.7 Å². The summed E-state index contributed by atoms with van der Waals surface area (Å²) in [5.74, 6) is 0. The van der Waals surface area contributed by atoms with Gasteiger partial charge in [0.1, 0.15) is 35.9 Å². The number of nitrogens with zero attached hydrogens (tertiary/aromatic N) is 4. The third-order valence-corrected chi connectivity index (χ3v) is 4.00. The molecule has 0 aliphatic rings. The summed E-state index contributed by atoms with van der Waals surface area (Å²) in [6, 6.07) is 0. The van der Waals surface area contributed by atoms with E-state index >= 15 is 0 Å². The Morgan fingerprint density at radius 1 is 0.857 bits per heavy atom. The van der Waals surface area contributed by atoms with E-state index in [1.54, 1.807) is 12.4 Å². The summed E-state index contributed by atoms with van der Waals surface area (Å²) in [4.78, 5) is 0. The first-order valence-electron chi connectivity index (χ1n) is 7.22. The van der Waals surface area contributed by atoms with E-state index in [-0.39, 0.29) is 11.1 Å². The number of hydrogen-bond donors (Lipinski definition) is 0. The van der Waals surface area contributed by atoms with E-state index in [0.29, 0.717) is 0 Å². The van der Waals surface area contributed by atoms with E-state index in [1.807, 2.05) is 21.5 Å². The number of rotatable bonds is 6. The summed E-state index contributed by atoms with van der Waals surface area (Å²) in [5.41, 5.74) is 0.00206. The van der Waals surface area contributed by atoms with Crippen molar-refractivity contribution in [2.75, 3.05) is 0 Å². The van der Waals surface area contributed by atoms with Crippen LogP contribution in [0.1, 0.15) is 34.1 Å². The van der Waals surface area contributed by atoms with Crippen LogP contribution in [0.4, 0.5) is 0 Å². The Balaban J connectivity index is 2.24. The van der Waals surface area contributed by atoms with Gasteiger partial charge in [0.15, 0.2) is 0 Å². The molecule has 0 saturated heterocycles. The highest BCUT2D eigenvalue weighted by Gasteiger charge is 2.37. The second kappa shape index (κ2) is 5.35. The van der Waals surface area contributed by atoms with Gasteiger partial charge < -0.3 is 0 Å². The monoisotopic (exact) mass is 286 g/mol. The molecule has 2 aromatic rings. The number of hydrogen-bond acceptors (Lipinski definition) is 0. The maximum Gasteiger partial charge on any atom is 0.248 e. The van der Waals surface area contributed by atoms with Gasteiger partial charge in [-0.2, -0.15) is 0 Å². The molecule has 112 valence electrons. The van der Waals surface area contributed by atoms with Crippen LogP contribution in [0.25, 0.3) is 12.4 Å². The summed E-state index contributed by atoms with van der Waals surface area (Å²) in [6.07, 6.45) is 17.0. The quantitative estimate of drug-likeness (QED) is 0.727. The Kier molecular flexibility index (Phi) is 3.90. The number of imidazole rings is 2. The molecule has 2 rings (SSSR count). The molecule has 21 heavy (non-hydrogen) atoms. The molecule has 0 amide bonds. The van der Waals surface area contributed by atoms with Crippen LogP contribution in [0.5, 0.6) is 0 Å². The Bertz CT molecular complexity index is 587. The summed E-state index contributed by atoms with van der Waals surface area (Å²) in [7, 11) is 0. The van der Waals surface area contributed by atoms with Gasteiger partial charge in [-0.3, -0.25) is 0 Å². The predicted molar refractivity (Wildman–Crippen MR) is 85.3 cm³/mol. The zero-order valence-corrected chi connectivity index (χ0v) is 13.5. The Morgan fingerprint density at radius 2 is 1.24 bits per heavy atom. The topological polar surface area (TPSA) is 17.6 Å². The highest BCUT2D eigenvalue weighted by atomic mass is 15.2. The zero-order valence-electron chi connectivity index (χ0n) is 13.5. The van der Waals surface area contributed by atoms with Gasteiger partial charge in [0.25, 0.3) is 0 Å². The lowest BCUT2D eigenvalue weighted by Crippen LogP contribution is -2.60. The third kappa shape index (κ3) is 3.15. The van der Waals surface area contributed by atoms with Crippen LogP contribution < -0.4 is 9.13 Å². The van der Waals surface area contributed by atoms with Crippen molar-refractivity contribution in [1.29, 1.82) is 0 Å². The number of aromatic nitrogens is 4. The molecule has 0 aliphatic heterocycles. The first-order chi connectivity index (χ1) is 9.78. The van der Waals surface area contributed by atoms with Crippen LogP contribution >= 0.6 is 0 Å². The van der Waals surface area contributed by atoms with Gasteiger partial charge in [0, 0.05) is 6.42 Å². The smallest absolute Gasteiger partial charge is 0.232 e. The maximum atomic E-state index is 3.79. The molecule has 2 heterocycles. The lowest BCUT2D eigenvalue weighted by Gasteiger charge is -2.30. The van der Waals surface area contributed by atoms with Crippen molar-refractivity contribution in [2.45, 2.75) is 45.2 Å². The highest BCUT2D eigenvalue weighted by molar-refractivity contribution is 5.13. The molecule has 4 heteroatoms. The van der Waals surface area contributed by atoms with E-state index < -0.39 is 0 Å². The third-order valence-electron chi connectivity index (χ3n) is 4.00. The summed E-state index contributed by atoms with van der Waals surface area (Å²) >= 11 is 0. The van der Waals surface area contributed by atoms with Crippen LogP contribution in [-0.2, 0) is 11.1 Å². The molecular formula is C17H26N4+2. The van der Waals surface area contributed by atoms with Crippen molar-refractivity contribution < 1.29 is 9.13 Å². The van der Waals surface area contributed by atoms with Gasteiger partial charge in [-0.25, -0.2) is 18.3 Å². The van der Waals surface area contributed by atoms with Gasteiger partial charge in [0.05, 0.1) is 12.4 Å². The van der Waals surface area contributed by atoms with Crippen molar-refractivity contribution in [3.63, 3.8) is 0 Å². The summed E-state index contributed by atoms with van der Waals surface area (Å²) < 4.78 is 8.41. The van der Waals surface area contributed by atoms with Crippen molar-refractivity contribution >= 4 is 12.4 Å². The molecule has 4 nitrogen and oxygen atoms in total. The molecule has 2 aromatic heterocycles. The molecule has 0 radical (unpaired) electrons. The van der Waals surface area contributed by atoms with Crippen molar-refractivity contribution in [3.8, 4) is 0 Å². The Labute approximate surface area is 127 Å². The van der Waals surface area contributed by atoms with Crippen LogP contribution in [0.15, 0.2) is 50.6 Å². The van der Waals surface area contributed by atoms with Crippen molar-refractivity contribution in [2.24, 2.45) is 0 Å². The van der Waals surface area contributed by atoms with Gasteiger partial charge in [0.2, 0.25) is 12.7 Å². The van der Waals surface area contributed by atoms with E-state index in [9.17, 15) is 0 Å². The van der Waals surface area contributed by atoms with Crippen LogP contribution in [0.3, 0.4) is 0 Å². The van der Waals surface area contributed by atoms with Gasteiger partial charge in [-0.1, -0.05) is 13.2 Å². The molecule has 0 spiro atoms. The largest absolute Gasteiger partial charge is 0.248 e. The summed E-state index contributed by atoms with van der Waals surface area (Å²) in [5, 5.41) is 0. The highest BCUT2D eigenvalue weighted by Crippen LogP contribution is 2.24. The van der Waals surface area contributed by atoms with Crippen LogP contribution in [-0.4, -0.2) is 9.13 Å². The molecule has 0 aromatic carbocycles. The van der Waals surface area contributed by atoms with E-state index in [1.165, 1.54) is 0 Å². The van der Waals surface area contributed by atoms with E-state index in [2.05, 4.69) is 75.0 Å². The fourth-order valence-corrected chi connectivity index (χ4v) is 2.91. The van der Waals surface area contributed by atoms with Gasteiger partial charge in [-0.15, -0.1) is 0 Å². The first-order valence-corrected chi connectivity index (χ1v) is 7.22. The fourth-order valence-electron chi connectivity index (χ4n) is 2.91. The Hall–Kier alpha value is -2.10. The molecule has 0 N–H and O–H groups in total. The standard InChI is InChI=1S/C17H26N4/c1-7-18-9-11-20(14-18)16(3,4)13-17(5,6)21-12-10-19(8-2)15-21/h7-12,14-15H,1-2,13H2,3-6H3/q+2. The van der Waals surface area contributed by atoms with E-state index in [0.717, 1.165) is 6.42 Å². The molecule has 0 aliphatic carbocycles. The molecular weight excluding hydrogens is 260 g/mol.